The molecule has 1 aromatic carbocycles. The molecule has 0 bridgehead atoms. The van der Waals surface area contributed by atoms with Crippen molar-refractivity contribution in [3.05, 3.63) is 81.9 Å². The molecule has 28 heavy (non-hydrogen) atoms. The molecule has 2 heterocycles. The summed E-state index contributed by atoms with van der Waals surface area (Å²) in [6.45, 7) is 2.32. The maximum atomic E-state index is 12.1. The molecule has 0 aliphatic heterocycles. The van der Waals surface area contributed by atoms with E-state index in [0.29, 0.717) is 12.1 Å². The van der Waals surface area contributed by atoms with Crippen molar-refractivity contribution in [1.29, 1.82) is 0 Å². The van der Waals surface area contributed by atoms with Crippen LogP contribution in [0, 0.1) is 17.0 Å². The zero-order valence-electron chi connectivity index (χ0n) is 14.9. The highest BCUT2D eigenvalue weighted by Gasteiger charge is 2.23. The predicted octanol–water partition coefficient (Wildman–Crippen LogP) is 2.46. The van der Waals surface area contributed by atoms with E-state index in [1.54, 1.807) is 12.1 Å². The van der Waals surface area contributed by atoms with Crippen LogP contribution in [0.5, 0.6) is 0 Å². The number of hydrazine groups is 1. The molecule has 0 unspecified atom stereocenters. The summed E-state index contributed by atoms with van der Waals surface area (Å²) in [4.78, 5) is 34.7. The van der Waals surface area contributed by atoms with Gasteiger partial charge in [0.1, 0.15) is 6.33 Å². The number of aromatic nitrogens is 3. The second-order valence-electron chi connectivity index (χ2n) is 5.84. The Morgan fingerprint density at radius 1 is 1.14 bits per heavy atom. The van der Waals surface area contributed by atoms with Crippen LogP contribution in [0.25, 0.3) is 0 Å². The van der Waals surface area contributed by atoms with E-state index in [-0.39, 0.29) is 17.3 Å². The third kappa shape index (κ3) is 4.55. The Bertz CT molecular complexity index is 978. The largest absolute Gasteiger partial charge is 0.360 e. The number of benzene rings is 1. The average Bonchev–Trinajstić information content (AvgIpc) is 2.72. The molecule has 3 N–H and O–H groups in total. The van der Waals surface area contributed by atoms with Gasteiger partial charge in [0.15, 0.2) is 0 Å². The molecule has 1 amide bonds. The van der Waals surface area contributed by atoms with E-state index < -0.39 is 10.8 Å². The van der Waals surface area contributed by atoms with Crippen LogP contribution < -0.4 is 16.2 Å². The van der Waals surface area contributed by atoms with Crippen LogP contribution in [-0.4, -0.2) is 25.8 Å². The molecular formula is C18H17N7O3. The van der Waals surface area contributed by atoms with Crippen molar-refractivity contribution in [2.24, 2.45) is 0 Å². The number of aryl methyl sites for hydroxylation is 1. The van der Waals surface area contributed by atoms with Gasteiger partial charge < -0.3 is 5.32 Å². The lowest BCUT2D eigenvalue weighted by Crippen LogP contribution is -2.30. The van der Waals surface area contributed by atoms with Crippen LogP contribution in [0.4, 0.5) is 17.3 Å². The maximum absolute atomic E-state index is 12.1. The maximum Gasteiger partial charge on any atom is 0.354 e. The van der Waals surface area contributed by atoms with Gasteiger partial charge in [0.25, 0.3) is 5.91 Å². The van der Waals surface area contributed by atoms with E-state index in [9.17, 15) is 14.9 Å². The summed E-state index contributed by atoms with van der Waals surface area (Å²) in [5.41, 5.74) is 6.83. The number of hydrogen-bond acceptors (Lipinski definition) is 8. The van der Waals surface area contributed by atoms with Gasteiger partial charge in [-0.05, 0) is 24.6 Å². The number of carbonyl (C=O) groups is 1. The SMILES string of the molecule is Cc1ccc(CNc2ncnc(NNC(=O)c3cccnc3)c2[N+](=O)[O-])cc1. The topological polar surface area (TPSA) is 135 Å². The van der Waals surface area contributed by atoms with Crippen molar-refractivity contribution in [3.8, 4) is 0 Å². The highest BCUT2D eigenvalue weighted by atomic mass is 16.6. The Labute approximate surface area is 160 Å². The summed E-state index contributed by atoms with van der Waals surface area (Å²) in [6, 6.07) is 10.9. The average molecular weight is 379 g/mol. The molecule has 3 aromatic rings. The first-order valence-corrected chi connectivity index (χ1v) is 8.30. The van der Waals surface area contributed by atoms with E-state index in [1.807, 2.05) is 31.2 Å². The van der Waals surface area contributed by atoms with Gasteiger partial charge in [0.2, 0.25) is 11.6 Å². The molecule has 0 saturated heterocycles. The fourth-order valence-electron chi connectivity index (χ4n) is 2.35. The number of anilines is 2. The Morgan fingerprint density at radius 2 is 1.89 bits per heavy atom. The number of pyridine rings is 1. The summed E-state index contributed by atoms with van der Waals surface area (Å²) in [6.07, 6.45) is 4.08. The van der Waals surface area contributed by atoms with Crippen LogP contribution in [-0.2, 0) is 6.54 Å². The lowest BCUT2D eigenvalue weighted by Gasteiger charge is -2.11. The van der Waals surface area contributed by atoms with Crippen molar-refractivity contribution in [1.82, 2.24) is 20.4 Å². The van der Waals surface area contributed by atoms with Crippen LogP contribution in [0.2, 0.25) is 0 Å². The molecule has 0 atom stereocenters. The van der Waals surface area contributed by atoms with E-state index in [0.717, 1.165) is 11.1 Å². The molecule has 0 aliphatic carbocycles. The number of amides is 1. The minimum absolute atomic E-state index is 0.0405. The number of nitro groups is 1. The molecule has 3 rings (SSSR count). The molecule has 0 fully saturated rings. The Morgan fingerprint density at radius 3 is 2.57 bits per heavy atom. The van der Waals surface area contributed by atoms with Crippen molar-refractivity contribution >= 4 is 23.2 Å². The fourth-order valence-corrected chi connectivity index (χ4v) is 2.35. The van der Waals surface area contributed by atoms with Crippen molar-refractivity contribution in [3.63, 3.8) is 0 Å². The smallest absolute Gasteiger partial charge is 0.354 e. The molecule has 10 nitrogen and oxygen atoms in total. The van der Waals surface area contributed by atoms with Gasteiger partial charge in [-0.2, -0.15) is 0 Å². The molecule has 142 valence electrons. The second-order valence-corrected chi connectivity index (χ2v) is 5.84. The number of hydrogen-bond donors (Lipinski definition) is 3. The van der Waals surface area contributed by atoms with Crippen LogP contribution >= 0.6 is 0 Å². The van der Waals surface area contributed by atoms with Crippen molar-refractivity contribution < 1.29 is 9.72 Å². The molecule has 0 aliphatic rings. The summed E-state index contributed by atoms with van der Waals surface area (Å²) >= 11 is 0. The highest BCUT2D eigenvalue weighted by molar-refractivity contribution is 5.94. The first-order valence-electron chi connectivity index (χ1n) is 8.30. The minimum atomic E-state index is -0.615. The van der Waals surface area contributed by atoms with Gasteiger partial charge in [-0.15, -0.1) is 0 Å². The monoisotopic (exact) mass is 379 g/mol. The van der Waals surface area contributed by atoms with Crippen molar-refractivity contribution in [2.75, 3.05) is 10.7 Å². The van der Waals surface area contributed by atoms with Crippen LogP contribution in [0.15, 0.2) is 55.1 Å². The Hall–Kier alpha value is -4.08. The summed E-state index contributed by atoms with van der Waals surface area (Å²) in [5, 5.41) is 14.5. The number of carbonyl (C=O) groups excluding carboxylic acids is 1. The third-order valence-electron chi connectivity index (χ3n) is 3.80. The van der Waals surface area contributed by atoms with Gasteiger partial charge in [-0.1, -0.05) is 29.8 Å². The number of nitrogens with one attached hydrogen (secondary N) is 3. The summed E-state index contributed by atoms with van der Waals surface area (Å²) in [5.74, 6) is -0.600. The predicted molar refractivity (Wildman–Crippen MR) is 103 cm³/mol. The molecule has 0 spiro atoms. The Balaban J connectivity index is 1.74. The Kier molecular flexibility index (Phi) is 5.70. The molecule has 2 aromatic heterocycles. The number of rotatable bonds is 7. The lowest BCUT2D eigenvalue weighted by atomic mass is 10.1. The lowest BCUT2D eigenvalue weighted by molar-refractivity contribution is -0.383. The second kappa shape index (κ2) is 8.54. The highest BCUT2D eigenvalue weighted by Crippen LogP contribution is 2.28. The van der Waals surface area contributed by atoms with E-state index in [1.165, 1.54) is 18.7 Å². The van der Waals surface area contributed by atoms with Crippen LogP contribution in [0.1, 0.15) is 21.5 Å². The van der Waals surface area contributed by atoms with E-state index in [2.05, 4.69) is 31.1 Å². The van der Waals surface area contributed by atoms with Crippen molar-refractivity contribution in [2.45, 2.75) is 13.5 Å². The summed E-state index contributed by atoms with van der Waals surface area (Å²) < 4.78 is 0. The fraction of sp³-hybridized carbons (Fsp3) is 0.111. The van der Waals surface area contributed by atoms with E-state index >= 15 is 0 Å². The zero-order chi connectivity index (χ0) is 19.9. The quantitative estimate of drug-likeness (QED) is 0.421. The minimum Gasteiger partial charge on any atom is -0.360 e. The molecule has 0 saturated carbocycles. The molecule has 0 radical (unpaired) electrons. The third-order valence-corrected chi connectivity index (χ3v) is 3.80. The summed E-state index contributed by atoms with van der Waals surface area (Å²) in [7, 11) is 0. The van der Waals surface area contributed by atoms with E-state index in [4.69, 9.17) is 0 Å². The zero-order valence-corrected chi connectivity index (χ0v) is 14.9. The van der Waals surface area contributed by atoms with Gasteiger partial charge >= 0.3 is 5.69 Å². The molecular weight excluding hydrogens is 362 g/mol. The van der Waals surface area contributed by atoms with Gasteiger partial charge in [0.05, 0.1) is 10.5 Å². The molecule has 10 heteroatoms. The standard InChI is InChI=1S/C18H17N7O3/c1-12-4-6-13(7-5-12)9-20-16-15(25(27)28)17(22-11-21-16)23-24-18(26)14-3-2-8-19-10-14/h2-8,10-11H,9H2,1H3,(H,24,26)(H2,20,21,22,23). The van der Waals surface area contributed by atoms with Crippen LogP contribution in [0.3, 0.4) is 0 Å². The normalized spacial score (nSPS) is 10.2. The first-order chi connectivity index (χ1) is 13.5. The number of nitrogens with zero attached hydrogens (tertiary/aromatic N) is 4. The van der Waals surface area contributed by atoms with Gasteiger partial charge in [0, 0.05) is 18.9 Å². The first kappa shape index (κ1) is 18.7. The van der Waals surface area contributed by atoms with Gasteiger partial charge in [-0.3, -0.25) is 30.7 Å². The van der Waals surface area contributed by atoms with Gasteiger partial charge in [-0.25, -0.2) is 9.97 Å².